The summed E-state index contributed by atoms with van der Waals surface area (Å²) in [6.45, 7) is 7.77. The first-order valence-electron chi connectivity index (χ1n) is 5.43. The van der Waals surface area contributed by atoms with Crippen LogP contribution in [0.4, 0.5) is 0 Å². The van der Waals surface area contributed by atoms with Crippen molar-refractivity contribution in [3.05, 3.63) is 33.8 Å². The van der Waals surface area contributed by atoms with Gasteiger partial charge in [0.1, 0.15) is 0 Å². The molecule has 0 spiro atoms. The third-order valence-electron chi connectivity index (χ3n) is 2.72. The number of halogens is 1. The van der Waals surface area contributed by atoms with E-state index in [0.29, 0.717) is 0 Å². The van der Waals surface area contributed by atoms with E-state index in [9.17, 15) is 0 Å². The molecule has 1 fully saturated rings. The SMILES string of the molecule is Cc1cc(Br)cc(CN2CCNCC2)c1. The van der Waals surface area contributed by atoms with Gasteiger partial charge in [-0.25, -0.2) is 0 Å². The van der Waals surface area contributed by atoms with E-state index in [1.165, 1.54) is 15.6 Å². The molecule has 2 rings (SSSR count). The number of rotatable bonds is 2. The maximum Gasteiger partial charge on any atom is 0.0235 e. The van der Waals surface area contributed by atoms with Gasteiger partial charge in [0.2, 0.25) is 0 Å². The summed E-state index contributed by atoms with van der Waals surface area (Å²) in [4.78, 5) is 2.50. The average molecular weight is 269 g/mol. The molecule has 15 heavy (non-hydrogen) atoms. The van der Waals surface area contributed by atoms with Crippen LogP contribution < -0.4 is 5.32 Å². The van der Waals surface area contributed by atoms with Gasteiger partial charge in [-0.1, -0.05) is 22.0 Å². The minimum Gasteiger partial charge on any atom is -0.314 e. The molecule has 1 heterocycles. The van der Waals surface area contributed by atoms with Crippen LogP contribution in [0.15, 0.2) is 22.7 Å². The highest BCUT2D eigenvalue weighted by molar-refractivity contribution is 9.10. The summed E-state index contributed by atoms with van der Waals surface area (Å²) in [5.41, 5.74) is 2.73. The van der Waals surface area contributed by atoms with Crippen LogP contribution in [-0.4, -0.2) is 31.1 Å². The Morgan fingerprint density at radius 1 is 1.27 bits per heavy atom. The molecule has 2 nitrogen and oxygen atoms in total. The van der Waals surface area contributed by atoms with Gasteiger partial charge in [0.25, 0.3) is 0 Å². The highest BCUT2D eigenvalue weighted by atomic mass is 79.9. The lowest BCUT2D eigenvalue weighted by Gasteiger charge is -2.27. The molecule has 1 aromatic rings. The highest BCUT2D eigenvalue weighted by Crippen LogP contribution is 2.16. The van der Waals surface area contributed by atoms with Crippen molar-refractivity contribution in [2.75, 3.05) is 26.2 Å². The number of benzene rings is 1. The normalized spacial score (nSPS) is 18.0. The fraction of sp³-hybridized carbons (Fsp3) is 0.500. The van der Waals surface area contributed by atoms with Crippen LogP contribution in [0.2, 0.25) is 0 Å². The molecule has 1 N–H and O–H groups in total. The molecule has 0 aromatic heterocycles. The quantitative estimate of drug-likeness (QED) is 0.885. The summed E-state index contributed by atoms with van der Waals surface area (Å²) in [5, 5.41) is 3.37. The first-order chi connectivity index (χ1) is 7.24. The minimum absolute atomic E-state index is 1.07. The number of piperazine rings is 1. The van der Waals surface area contributed by atoms with Gasteiger partial charge in [-0.05, 0) is 30.2 Å². The molecule has 0 radical (unpaired) electrons. The van der Waals surface area contributed by atoms with E-state index in [2.05, 4.69) is 51.3 Å². The van der Waals surface area contributed by atoms with Crippen LogP contribution in [0.1, 0.15) is 11.1 Å². The molecule has 0 unspecified atom stereocenters. The summed E-state index contributed by atoms with van der Waals surface area (Å²) in [7, 11) is 0. The van der Waals surface area contributed by atoms with E-state index in [1.54, 1.807) is 0 Å². The van der Waals surface area contributed by atoms with Crippen molar-refractivity contribution in [3.8, 4) is 0 Å². The average Bonchev–Trinajstić information content (AvgIpc) is 2.17. The lowest BCUT2D eigenvalue weighted by atomic mass is 10.1. The van der Waals surface area contributed by atoms with Crippen LogP contribution in [0, 0.1) is 6.92 Å². The zero-order valence-electron chi connectivity index (χ0n) is 9.09. The molecule has 3 heteroatoms. The van der Waals surface area contributed by atoms with Crippen molar-refractivity contribution in [3.63, 3.8) is 0 Å². The molecule has 0 atom stereocenters. The fourth-order valence-corrected chi connectivity index (χ4v) is 2.69. The molecular formula is C12H17BrN2. The van der Waals surface area contributed by atoms with Gasteiger partial charge >= 0.3 is 0 Å². The van der Waals surface area contributed by atoms with Crippen molar-refractivity contribution >= 4 is 15.9 Å². The maximum atomic E-state index is 3.55. The molecule has 1 saturated heterocycles. The number of nitrogens with zero attached hydrogens (tertiary/aromatic N) is 1. The first-order valence-corrected chi connectivity index (χ1v) is 6.22. The third kappa shape index (κ3) is 3.30. The Morgan fingerprint density at radius 2 is 2.00 bits per heavy atom. The van der Waals surface area contributed by atoms with E-state index < -0.39 is 0 Å². The molecule has 1 aromatic carbocycles. The van der Waals surface area contributed by atoms with Crippen molar-refractivity contribution in [1.29, 1.82) is 0 Å². The first kappa shape index (κ1) is 11.1. The number of aryl methyl sites for hydroxylation is 1. The van der Waals surface area contributed by atoms with Gasteiger partial charge in [-0.2, -0.15) is 0 Å². The second-order valence-corrected chi connectivity index (χ2v) is 5.08. The number of hydrogen-bond donors (Lipinski definition) is 1. The highest BCUT2D eigenvalue weighted by Gasteiger charge is 2.09. The van der Waals surface area contributed by atoms with Crippen molar-refractivity contribution in [1.82, 2.24) is 10.2 Å². The smallest absolute Gasteiger partial charge is 0.0235 e. The Kier molecular flexibility index (Phi) is 3.78. The molecule has 1 aliphatic rings. The summed E-state index contributed by atoms with van der Waals surface area (Å²) < 4.78 is 1.19. The lowest BCUT2D eigenvalue weighted by molar-refractivity contribution is 0.233. The van der Waals surface area contributed by atoms with Gasteiger partial charge in [0, 0.05) is 37.2 Å². The molecule has 1 aliphatic heterocycles. The Bertz CT molecular complexity index is 312. The monoisotopic (exact) mass is 268 g/mol. The van der Waals surface area contributed by atoms with Gasteiger partial charge in [-0.15, -0.1) is 0 Å². The van der Waals surface area contributed by atoms with Crippen LogP contribution in [-0.2, 0) is 6.54 Å². The van der Waals surface area contributed by atoms with Crippen LogP contribution in [0.25, 0.3) is 0 Å². The zero-order chi connectivity index (χ0) is 10.7. The van der Waals surface area contributed by atoms with Crippen molar-refractivity contribution in [2.24, 2.45) is 0 Å². The van der Waals surface area contributed by atoms with E-state index >= 15 is 0 Å². The van der Waals surface area contributed by atoms with Gasteiger partial charge in [0.15, 0.2) is 0 Å². The lowest BCUT2D eigenvalue weighted by Crippen LogP contribution is -2.42. The number of nitrogens with one attached hydrogen (secondary N) is 1. The molecule has 0 amide bonds. The van der Waals surface area contributed by atoms with E-state index in [4.69, 9.17) is 0 Å². The predicted molar refractivity (Wildman–Crippen MR) is 67.0 cm³/mol. The summed E-state index contributed by atoms with van der Waals surface area (Å²) in [6.07, 6.45) is 0. The standard InChI is InChI=1S/C12H17BrN2/c1-10-6-11(8-12(13)7-10)9-15-4-2-14-3-5-15/h6-8,14H,2-5,9H2,1H3. The Morgan fingerprint density at radius 3 is 2.67 bits per heavy atom. The van der Waals surface area contributed by atoms with E-state index in [1.807, 2.05) is 0 Å². The van der Waals surface area contributed by atoms with E-state index in [-0.39, 0.29) is 0 Å². The Balaban J connectivity index is 2.02. The fourth-order valence-electron chi connectivity index (χ4n) is 2.03. The maximum absolute atomic E-state index is 3.55. The predicted octanol–water partition coefficient (Wildman–Crippen LogP) is 2.16. The van der Waals surface area contributed by atoms with Gasteiger partial charge in [0.05, 0.1) is 0 Å². The van der Waals surface area contributed by atoms with Crippen molar-refractivity contribution < 1.29 is 0 Å². The third-order valence-corrected chi connectivity index (χ3v) is 3.18. The largest absolute Gasteiger partial charge is 0.314 e. The van der Waals surface area contributed by atoms with E-state index in [0.717, 1.165) is 32.7 Å². The molecule has 0 bridgehead atoms. The van der Waals surface area contributed by atoms with Crippen LogP contribution in [0.3, 0.4) is 0 Å². The second-order valence-electron chi connectivity index (χ2n) is 4.16. The molecular weight excluding hydrogens is 252 g/mol. The van der Waals surface area contributed by atoms with Crippen LogP contribution >= 0.6 is 15.9 Å². The van der Waals surface area contributed by atoms with Gasteiger partial charge in [-0.3, -0.25) is 4.90 Å². The minimum atomic E-state index is 1.07. The molecule has 0 saturated carbocycles. The zero-order valence-corrected chi connectivity index (χ0v) is 10.7. The topological polar surface area (TPSA) is 15.3 Å². The Hall–Kier alpha value is -0.380. The summed E-state index contributed by atoms with van der Waals surface area (Å²) in [6, 6.07) is 6.64. The van der Waals surface area contributed by atoms with Crippen LogP contribution in [0.5, 0.6) is 0 Å². The van der Waals surface area contributed by atoms with Crippen molar-refractivity contribution in [2.45, 2.75) is 13.5 Å². The summed E-state index contributed by atoms with van der Waals surface area (Å²) in [5.74, 6) is 0. The van der Waals surface area contributed by atoms with Gasteiger partial charge < -0.3 is 5.32 Å². The Labute approximate surface area is 99.8 Å². The molecule has 82 valence electrons. The number of hydrogen-bond acceptors (Lipinski definition) is 2. The molecule has 0 aliphatic carbocycles. The second kappa shape index (κ2) is 5.10. The summed E-state index contributed by atoms with van der Waals surface area (Å²) >= 11 is 3.55.